The molecule has 1 atom stereocenters. The van der Waals surface area contributed by atoms with E-state index in [1.165, 1.54) is 27.8 Å². The van der Waals surface area contributed by atoms with E-state index < -0.39 is 0 Å². The summed E-state index contributed by atoms with van der Waals surface area (Å²) < 4.78 is 1.78. The Morgan fingerprint density at radius 1 is 0.971 bits per heavy atom. The van der Waals surface area contributed by atoms with Crippen LogP contribution in [0.15, 0.2) is 70.6 Å². The first-order valence-electron chi connectivity index (χ1n) is 12.5. The van der Waals surface area contributed by atoms with Crippen LogP contribution < -0.4 is 5.56 Å². The first kappa shape index (κ1) is 25.2. The fourth-order valence-electron chi connectivity index (χ4n) is 4.42. The van der Waals surface area contributed by atoms with Crippen LogP contribution in [0.25, 0.3) is 16.6 Å². The van der Waals surface area contributed by atoms with Gasteiger partial charge in [-0.25, -0.2) is 4.98 Å². The minimum absolute atomic E-state index is 0.0223. The van der Waals surface area contributed by atoms with E-state index in [2.05, 4.69) is 84.9 Å². The molecule has 0 bridgehead atoms. The Balaban J connectivity index is 1.77. The van der Waals surface area contributed by atoms with Gasteiger partial charge in [-0.05, 0) is 83.7 Å². The molecule has 182 valence electrons. The predicted octanol–water partition coefficient (Wildman–Crippen LogP) is 8.11. The van der Waals surface area contributed by atoms with Gasteiger partial charge in [-0.1, -0.05) is 82.8 Å². The molecule has 35 heavy (non-hydrogen) atoms. The van der Waals surface area contributed by atoms with Crippen LogP contribution in [0.3, 0.4) is 0 Å². The number of fused-ring (bicyclic) bond motifs is 1. The number of para-hydroxylation sites is 1. The molecule has 0 spiro atoms. The topological polar surface area (TPSA) is 34.9 Å². The van der Waals surface area contributed by atoms with Crippen molar-refractivity contribution >= 4 is 22.7 Å². The number of benzene rings is 3. The van der Waals surface area contributed by atoms with Gasteiger partial charge in [0.25, 0.3) is 5.56 Å². The van der Waals surface area contributed by atoms with E-state index in [0.717, 1.165) is 28.5 Å². The van der Waals surface area contributed by atoms with Crippen molar-refractivity contribution in [1.82, 2.24) is 9.55 Å². The van der Waals surface area contributed by atoms with Crippen LogP contribution in [0.4, 0.5) is 0 Å². The average molecular weight is 485 g/mol. The van der Waals surface area contributed by atoms with E-state index in [-0.39, 0.29) is 11.0 Å². The molecule has 3 nitrogen and oxygen atoms in total. The predicted molar refractivity (Wildman–Crippen MR) is 150 cm³/mol. The normalized spacial score (nSPS) is 12.8. The zero-order chi connectivity index (χ0) is 25.3. The number of aryl methyl sites for hydroxylation is 2. The standard InChI is InChI=1S/C31H36N2OS/c1-8-20(2)23-13-15-25(16-14-23)33-29(34)26-11-9-10-12-28(26)32-30(33)35-19-27-21(3)17-24(18-22(27)4)31(5,6)7/h9-18,20H,8,19H2,1-7H3. The van der Waals surface area contributed by atoms with E-state index in [9.17, 15) is 4.79 Å². The molecule has 4 aromatic rings. The molecule has 0 amide bonds. The molecule has 1 heterocycles. The summed E-state index contributed by atoms with van der Waals surface area (Å²) in [4.78, 5) is 18.6. The molecule has 0 N–H and O–H groups in total. The fraction of sp³-hybridized carbons (Fsp3) is 0.355. The third-order valence-electron chi connectivity index (χ3n) is 6.99. The molecule has 4 heteroatoms. The number of thioether (sulfide) groups is 1. The third kappa shape index (κ3) is 5.23. The third-order valence-corrected chi connectivity index (χ3v) is 7.95. The van der Waals surface area contributed by atoms with Crippen LogP contribution in [0.5, 0.6) is 0 Å². The zero-order valence-electron chi connectivity index (χ0n) is 22.0. The van der Waals surface area contributed by atoms with Gasteiger partial charge in [-0.3, -0.25) is 9.36 Å². The highest BCUT2D eigenvalue weighted by Crippen LogP contribution is 2.31. The van der Waals surface area contributed by atoms with Gasteiger partial charge in [-0.2, -0.15) is 0 Å². The maximum absolute atomic E-state index is 13.6. The molecule has 0 saturated heterocycles. The highest BCUT2D eigenvalue weighted by atomic mass is 32.2. The first-order chi connectivity index (χ1) is 16.6. The van der Waals surface area contributed by atoms with E-state index in [4.69, 9.17) is 4.98 Å². The Kier molecular flexibility index (Phi) is 7.23. The molecular formula is C31H36N2OS. The molecule has 0 fully saturated rings. The van der Waals surface area contributed by atoms with Gasteiger partial charge >= 0.3 is 0 Å². The average Bonchev–Trinajstić information content (AvgIpc) is 2.82. The minimum atomic E-state index is -0.0223. The Bertz CT molecular complexity index is 1390. The number of rotatable bonds is 6. The van der Waals surface area contributed by atoms with E-state index >= 15 is 0 Å². The summed E-state index contributed by atoms with van der Waals surface area (Å²) in [5.74, 6) is 1.25. The molecule has 1 aromatic heterocycles. The lowest BCUT2D eigenvalue weighted by molar-refractivity contribution is 0.589. The summed E-state index contributed by atoms with van der Waals surface area (Å²) in [6.07, 6.45) is 1.09. The Hall–Kier alpha value is -2.85. The first-order valence-corrected chi connectivity index (χ1v) is 13.4. The van der Waals surface area contributed by atoms with Crippen molar-refractivity contribution in [3.63, 3.8) is 0 Å². The fourth-order valence-corrected chi connectivity index (χ4v) is 5.62. The Labute approximate surface area is 213 Å². The van der Waals surface area contributed by atoms with Crippen molar-refractivity contribution in [1.29, 1.82) is 0 Å². The lowest BCUT2D eigenvalue weighted by Crippen LogP contribution is -2.21. The van der Waals surface area contributed by atoms with Crippen LogP contribution in [0.2, 0.25) is 0 Å². The zero-order valence-corrected chi connectivity index (χ0v) is 22.8. The second kappa shape index (κ2) is 10.0. The van der Waals surface area contributed by atoms with E-state index in [1.807, 2.05) is 24.3 Å². The summed E-state index contributed by atoms with van der Waals surface area (Å²) >= 11 is 1.63. The quantitative estimate of drug-likeness (QED) is 0.205. The second-order valence-electron chi connectivity index (χ2n) is 10.6. The molecule has 0 aliphatic rings. The van der Waals surface area contributed by atoms with Crippen LogP contribution in [-0.4, -0.2) is 9.55 Å². The van der Waals surface area contributed by atoms with Crippen LogP contribution in [0.1, 0.15) is 74.8 Å². The second-order valence-corrected chi connectivity index (χ2v) is 11.5. The van der Waals surface area contributed by atoms with Gasteiger partial charge in [0.2, 0.25) is 0 Å². The van der Waals surface area contributed by atoms with Crippen LogP contribution in [-0.2, 0) is 11.2 Å². The van der Waals surface area contributed by atoms with E-state index in [1.54, 1.807) is 16.3 Å². The van der Waals surface area contributed by atoms with E-state index in [0.29, 0.717) is 11.3 Å². The SMILES string of the molecule is CCC(C)c1ccc(-n2c(SCc3c(C)cc(C(C)(C)C)cc3C)nc3ccccc3c2=O)cc1. The highest BCUT2D eigenvalue weighted by Gasteiger charge is 2.18. The lowest BCUT2D eigenvalue weighted by Gasteiger charge is -2.22. The largest absolute Gasteiger partial charge is 0.268 e. The molecule has 0 radical (unpaired) electrons. The monoisotopic (exact) mass is 484 g/mol. The van der Waals surface area contributed by atoms with Crippen molar-refractivity contribution in [2.45, 2.75) is 77.1 Å². The van der Waals surface area contributed by atoms with Crippen molar-refractivity contribution in [3.05, 3.63) is 98.8 Å². The van der Waals surface area contributed by atoms with Gasteiger partial charge in [-0.15, -0.1) is 0 Å². The Morgan fingerprint density at radius 2 is 1.60 bits per heavy atom. The molecular weight excluding hydrogens is 448 g/mol. The van der Waals surface area contributed by atoms with Gasteiger partial charge in [0.1, 0.15) is 0 Å². The summed E-state index contributed by atoms with van der Waals surface area (Å²) in [6, 6.07) is 20.6. The summed E-state index contributed by atoms with van der Waals surface area (Å²) in [5, 5.41) is 1.37. The Morgan fingerprint density at radius 3 is 2.20 bits per heavy atom. The van der Waals surface area contributed by atoms with Crippen molar-refractivity contribution in [2.75, 3.05) is 0 Å². The van der Waals surface area contributed by atoms with Crippen LogP contribution in [0, 0.1) is 13.8 Å². The maximum Gasteiger partial charge on any atom is 0.266 e. The molecule has 0 saturated carbocycles. The van der Waals surface area contributed by atoms with Gasteiger partial charge in [0, 0.05) is 5.75 Å². The smallest absolute Gasteiger partial charge is 0.266 e. The van der Waals surface area contributed by atoms with Crippen LogP contribution >= 0.6 is 11.8 Å². The summed E-state index contributed by atoms with van der Waals surface area (Å²) in [5.41, 5.74) is 8.22. The number of aromatic nitrogens is 2. The van der Waals surface area contributed by atoms with Crippen molar-refractivity contribution in [2.24, 2.45) is 0 Å². The molecule has 0 aliphatic heterocycles. The van der Waals surface area contributed by atoms with Gasteiger partial charge < -0.3 is 0 Å². The number of hydrogen-bond donors (Lipinski definition) is 0. The number of hydrogen-bond acceptors (Lipinski definition) is 3. The lowest BCUT2D eigenvalue weighted by atomic mass is 9.84. The maximum atomic E-state index is 13.6. The van der Waals surface area contributed by atoms with Crippen molar-refractivity contribution in [3.8, 4) is 5.69 Å². The molecule has 3 aromatic carbocycles. The van der Waals surface area contributed by atoms with Gasteiger partial charge in [0.15, 0.2) is 5.16 Å². The van der Waals surface area contributed by atoms with Gasteiger partial charge in [0.05, 0.1) is 16.6 Å². The molecule has 4 rings (SSSR count). The highest BCUT2D eigenvalue weighted by molar-refractivity contribution is 7.98. The van der Waals surface area contributed by atoms with Crippen molar-refractivity contribution < 1.29 is 0 Å². The summed E-state index contributed by atoms with van der Waals surface area (Å²) in [6.45, 7) is 15.6. The molecule has 1 unspecified atom stereocenters. The molecule has 0 aliphatic carbocycles. The minimum Gasteiger partial charge on any atom is -0.268 e. The number of nitrogens with zero attached hydrogens (tertiary/aromatic N) is 2. The summed E-state index contributed by atoms with van der Waals surface area (Å²) in [7, 11) is 0.